The molecule has 0 aliphatic heterocycles. The molecule has 7 heteroatoms. The molecule has 0 aliphatic carbocycles. The Bertz CT molecular complexity index is 1070. The molecule has 1 heterocycles. The number of amides is 1. The number of carbonyl (C=O) groups is 1. The lowest BCUT2D eigenvalue weighted by Gasteiger charge is -2.21. The average Bonchev–Trinajstić information content (AvgIpc) is 3.07. The van der Waals surface area contributed by atoms with Crippen molar-refractivity contribution in [3.63, 3.8) is 0 Å². The molecule has 27 heavy (non-hydrogen) atoms. The van der Waals surface area contributed by atoms with E-state index in [2.05, 4.69) is 5.32 Å². The number of aromatic nitrogens is 1. The maximum Gasteiger partial charge on any atom is 0.272 e. The lowest BCUT2D eigenvalue weighted by atomic mass is 10.0. The summed E-state index contributed by atoms with van der Waals surface area (Å²) in [7, 11) is -0.237. The molecule has 1 N–H and O–H groups in total. The number of aryl methyl sites for hydroxylation is 1. The largest absolute Gasteiger partial charge is 0.347 e. The SMILES string of the molecule is CN(c1ccc(-c2ccccc2)cc1NC(=O)c1cccn1C)S(C)(=O)=O. The molecular formula is C20H21N3O3S. The lowest BCUT2D eigenvalue weighted by Crippen LogP contribution is -2.26. The van der Waals surface area contributed by atoms with Crippen LogP contribution in [0, 0.1) is 0 Å². The second-order valence-corrected chi connectivity index (χ2v) is 8.30. The molecule has 0 atom stereocenters. The molecule has 0 fully saturated rings. The van der Waals surface area contributed by atoms with Gasteiger partial charge in [0.1, 0.15) is 5.69 Å². The summed E-state index contributed by atoms with van der Waals surface area (Å²) in [5, 5.41) is 2.85. The van der Waals surface area contributed by atoms with Gasteiger partial charge in [0.15, 0.2) is 0 Å². The van der Waals surface area contributed by atoms with Crippen LogP contribution in [0.1, 0.15) is 10.5 Å². The monoisotopic (exact) mass is 383 g/mol. The second kappa shape index (κ2) is 7.28. The normalized spacial score (nSPS) is 11.2. The number of hydrogen-bond acceptors (Lipinski definition) is 3. The Kier molecular flexibility index (Phi) is 5.05. The Morgan fingerprint density at radius 2 is 1.70 bits per heavy atom. The van der Waals surface area contributed by atoms with Crippen LogP contribution in [0.3, 0.4) is 0 Å². The molecule has 0 bridgehead atoms. The first-order valence-corrected chi connectivity index (χ1v) is 10.2. The predicted octanol–water partition coefficient (Wildman–Crippen LogP) is 3.34. The van der Waals surface area contributed by atoms with E-state index < -0.39 is 10.0 Å². The van der Waals surface area contributed by atoms with Crippen LogP contribution in [0.5, 0.6) is 0 Å². The van der Waals surface area contributed by atoms with Crippen molar-refractivity contribution in [1.29, 1.82) is 0 Å². The Morgan fingerprint density at radius 1 is 1.00 bits per heavy atom. The van der Waals surface area contributed by atoms with Gasteiger partial charge in [-0.3, -0.25) is 9.10 Å². The van der Waals surface area contributed by atoms with Crippen LogP contribution in [0.15, 0.2) is 66.9 Å². The Balaban J connectivity index is 2.06. The maximum absolute atomic E-state index is 12.7. The van der Waals surface area contributed by atoms with Gasteiger partial charge in [-0.15, -0.1) is 0 Å². The van der Waals surface area contributed by atoms with Gasteiger partial charge in [-0.1, -0.05) is 36.4 Å². The molecule has 1 aromatic heterocycles. The first-order valence-electron chi connectivity index (χ1n) is 8.33. The summed E-state index contributed by atoms with van der Waals surface area (Å²) in [4.78, 5) is 12.7. The van der Waals surface area contributed by atoms with Crippen molar-refractivity contribution in [1.82, 2.24) is 4.57 Å². The van der Waals surface area contributed by atoms with Crippen molar-refractivity contribution in [2.45, 2.75) is 0 Å². The van der Waals surface area contributed by atoms with Crippen LogP contribution >= 0.6 is 0 Å². The molecule has 0 aliphatic rings. The highest BCUT2D eigenvalue weighted by molar-refractivity contribution is 7.92. The number of nitrogens with zero attached hydrogens (tertiary/aromatic N) is 2. The third-order valence-corrected chi connectivity index (χ3v) is 5.56. The smallest absolute Gasteiger partial charge is 0.272 e. The van der Waals surface area contributed by atoms with Crippen molar-refractivity contribution in [2.24, 2.45) is 7.05 Å². The average molecular weight is 383 g/mol. The first-order chi connectivity index (χ1) is 12.8. The van der Waals surface area contributed by atoms with Gasteiger partial charge in [-0.2, -0.15) is 0 Å². The molecule has 0 saturated heterocycles. The fourth-order valence-corrected chi connectivity index (χ4v) is 3.30. The quantitative estimate of drug-likeness (QED) is 0.734. The van der Waals surface area contributed by atoms with Crippen molar-refractivity contribution in [3.05, 3.63) is 72.6 Å². The third-order valence-electron chi connectivity index (χ3n) is 4.36. The molecule has 0 spiro atoms. The van der Waals surface area contributed by atoms with E-state index in [1.807, 2.05) is 36.4 Å². The Hall–Kier alpha value is -3.06. The minimum atomic E-state index is -3.48. The van der Waals surface area contributed by atoms with E-state index in [1.165, 1.54) is 7.05 Å². The summed E-state index contributed by atoms with van der Waals surface area (Å²) >= 11 is 0. The van der Waals surface area contributed by atoms with Crippen LogP contribution < -0.4 is 9.62 Å². The summed E-state index contributed by atoms with van der Waals surface area (Å²) in [5.41, 5.74) is 3.16. The van der Waals surface area contributed by atoms with Crippen LogP contribution in [0.25, 0.3) is 11.1 Å². The van der Waals surface area contributed by atoms with Gasteiger partial charge >= 0.3 is 0 Å². The van der Waals surface area contributed by atoms with Crippen molar-refractivity contribution in [2.75, 3.05) is 22.9 Å². The first kappa shape index (κ1) is 18.7. The fraction of sp³-hybridized carbons (Fsp3) is 0.150. The number of sulfonamides is 1. The summed E-state index contributed by atoms with van der Waals surface area (Å²) in [6, 6.07) is 18.5. The van der Waals surface area contributed by atoms with Crippen LogP contribution in [0.2, 0.25) is 0 Å². The van der Waals surface area contributed by atoms with Crippen molar-refractivity contribution < 1.29 is 13.2 Å². The highest BCUT2D eigenvalue weighted by Gasteiger charge is 2.19. The third kappa shape index (κ3) is 4.03. The lowest BCUT2D eigenvalue weighted by molar-refractivity contribution is 0.101. The van der Waals surface area contributed by atoms with Gasteiger partial charge in [-0.05, 0) is 35.4 Å². The highest BCUT2D eigenvalue weighted by atomic mass is 32.2. The number of benzene rings is 2. The molecule has 6 nitrogen and oxygen atoms in total. The molecule has 140 valence electrons. The van der Waals surface area contributed by atoms with Gasteiger partial charge in [0.05, 0.1) is 17.6 Å². The molecule has 3 rings (SSSR count). The van der Waals surface area contributed by atoms with Crippen LogP contribution in [-0.4, -0.2) is 32.2 Å². The Labute approximate surface area is 159 Å². The summed E-state index contributed by atoms with van der Waals surface area (Å²) in [6.07, 6.45) is 2.90. The zero-order valence-electron chi connectivity index (χ0n) is 15.4. The minimum Gasteiger partial charge on any atom is -0.347 e. The van der Waals surface area contributed by atoms with Crippen LogP contribution in [-0.2, 0) is 17.1 Å². The van der Waals surface area contributed by atoms with Gasteiger partial charge in [0, 0.05) is 20.3 Å². The van der Waals surface area contributed by atoms with E-state index >= 15 is 0 Å². The summed E-state index contributed by atoms with van der Waals surface area (Å²) in [5.74, 6) is -0.309. The molecule has 2 aromatic carbocycles. The highest BCUT2D eigenvalue weighted by Crippen LogP contribution is 2.32. The molecular weight excluding hydrogens is 362 g/mol. The zero-order valence-corrected chi connectivity index (χ0v) is 16.2. The zero-order chi connectivity index (χ0) is 19.6. The number of carbonyl (C=O) groups excluding carboxylic acids is 1. The van der Waals surface area contributed by atoms with E-state index in [0.717, 1.165) is 21.7 Å². The van der Waals surface area contributed by atoms with Gasteiger partial charge < -0.3 is 9.88 Å². The summed E-state index contributed by atoms with van der Waals surface area (Å²) < 4.78 is 26.9. The topological polar surface area (TPSA) is 71.4 Å². The van der Waals surface area contributed by atoms with E-state index in [0.29, 0.717) is 17.1 Å². The molecule has 0 unspecified atom stereocenters. The predicted molar refractivity (Wildman–Crippen MR) is 108 cm³/mol. The molecule has 1 amide bonds. The molecule has 0 saturated carbocycles. The standard InChI is InChI=1S/C20H21N3O3S/c1-22-13-7-10-19(22)20(24)21-17-14-16(15-8-5-4-6-9-15)11-12-18(17)23(2)27(3,25)26/h4-14H,1-3H3,(H,21,24). The van der Waals surface area contributed by atoms with Crippen molar-refractivity contribution in [3.8, 4) is 11.1 Å². The minimum absolute atomic E-state index is 0.309. The van der Waals surface area contributed by atoms with Crippen LogP contribution in [0.4, 0.5) is 11.4 Å². The van der Waals surface area contributed by atoms with E-state index in [1.54, 1.807) is 42.1 Å². The summed E-state index contributed by atoms with van der Waals surface area (Å²) in [6.45, 7) is 0. The van der Waals surface area contributed by atoms with E-state index in [-0.39, 0.29) is 5.91 Å². The number of hydrogen-bond donors (Lipinski definition) is 1. The maximum atomic E-state index is 12.7. The van der Waals surface area contributed by atoms with Gasteiger partial charge in [0.25, 0.3) is 5.91 Å². The molecule has 0 radical (unpaired) electrons. The Morgan fingerprint density at radius 3 is 2.30 bits per heavy atom. The van der Waals surface area contributed by atoms with Gasteiger partial charge in [0.2, 0.25) is 10.0 Å². The van der Waals surface area contributed by atoms with E-state index in [4.69, 9.17) is 0 Å². The number of nitrogens with one attached hydrogen (secondary N) is 1. The van der Waals surface area contributed by atoms with Gasteiger partial charge in [-0.25, -0.2) is 8.42 Å². The second-order valence-electron chi connectivity index (χ2n) is 6.29. The van der Waals surface area contributed by atoms with Crippen molar-refractivity contribution >= 4 is 27.3 Å². The van der Waals surface area contributed by atoms with E-state index in [9.17, 15) is 13.2 Å². The fourth-order valence-electron chi connectivity index (χ4n) is 2.78. The number of rotatable bonds is 5. The number of anilines is 2. The molecule has 3 aromatic rings.